The molecule has 0 heterocycles. The van der Waals surface area contributed by atoms with Crippen molar-refractivity contribution >= 4 is 23.4 Å². The Morgan fingerprint density at radius 2 is 1.76 bits per heavy atom. The number of amides is 1. The molecule has 1 atom stereocenters. The van der Waals surface area contributed by atoms with Crippen LogP contribution in [0.15, 0.2) is 59.5 Å². The van der Waals surface area contributed by atoms with Gasteiger partial charge in [-0.1, -0.05) is 49.7 Å². The van der Waals surface area contributed by atoms with Crippen molar-refractivity contribution < 1.29 is 4.79 Å². The Labute approximate surface area is 131 Å². The van der Waals surface area contributed by atoms with Gasteiger partial charge in [0.05, 0.1) is 0 Å². The van der Waals surface area contributed by atoms with Gasteiger partial charge in [0.25, 0.3) is 0 Å². The Balaban J connectivity index is 2.27. The van der Waals surface area contributed by atoms with E-state index >= 15 is 0 Å². The third kappa shape index (κ3) is 4.64. The highest BCUT2D eigenvalue weighted by Gasteiger charge is 2.16. The number of carbonyl (C=O) groups excluding carboxylic acids is 1. The van der Waals surface area contributed by atoms with Crippen LogP contribution in [-0.2, 0) is 4.79 Å². The number of rotatable bonds is 6. The number of thioether (sulfide) groups is 1. The lowest BCUT2D eigenvalue weighted by Gasteiger charge is -2.20. The molecule has 0 spiro atoms. The minimum Gasteiger partial charge on any atom is -0.326 e. The summed E-state index contributed by atoms with van der Waals surface area (Å²) in [4.78, 5) is 12.6. The van der Waals surface area contributed by atoms with Crippen LogP contribution in [0, 0.1) is 0 Å². The molecule has 2 rings (SSSR count). The molecule has 0 radical (unpaired) electrons. The Hall–Kier alpha value is -1.74. The molecule has 2 nitrogen and oxygen atoms in total. The van der Waals surface area contributed by atoms with Gasteiger partial charge in [0.2, 0.25) is 5.91 Å². The van der Waals surface area contributed by atoms with Crippen molar-refractivity contribution in [3.8, 4) is 0 Å². The number of para-hydroxylation sites is 1. The average Bonchev–Trinajstić information content (AvgIpc) is 2.48. The second kappa shape index (κ2) is 7.89. The zero-order chi connectivity index (χ0) is 15.1. The molecule has 0 aromatic heterocycles. The fourth-order valence-electron chi connectivity index (χ4n) is 2.28. The summed E-state index contributed by atoms with van der Waals surface area (Å²) in [5, 5.41) is 3.29. The van der Waals surface area contributed by atoms with E-state index in [1.54, 1.807) is 6.92 Å². The van der Waals surface area contributed by atoms with Gasteiger partial charge in [-0.15, -0.1) is 11.8 Å². The molecule has 1 amide bonds. The molecule has 0 fully saturated rings. The first kappa shape index (κ1) is 15.6. The summed E-state index contributed by atoms with van der Waals surface area (Å²) in [5.74, 6) is -0.0255. The molecule has 1 N–H and O–H groups in total. The summed E-state index contributed by atoms with van der Waals surface area (Å²) < 4.78 is 0. The van der Waals surface area contributed by atoms with E-state index in [0.717, 1.165) is 18.5 Å². The highest BCUT2D eigenvalue weighted by molar-refractivity contribution is 7.99. The van der Waals surface area contributed by atoms with Gasteiger partial charge < -0.3 is 5.32 Å². The van der Waals surface area contributed by atoms with Gasteiger partial charge in [0, 0.05) is 22.8 Å². The van der Waals surface area contributed by atoms with E-state index in [9.17, 15) is 4.79 Å². The number of benzene rings is 2. The summed E-state index contributed by atoms with van der Waals surface area (Å²) in [6.07, 6.45) is 2.19. The third-order valence-corrected chi connectivity index (χ3v) is 4.51. The predicted molar refractivity (Wildman–Crippen MR) is 90.7 cm³/mol. The molecular formula is C18H21NOS. The molecule has 0 saturated heterocycles. The van der Waals surface area contributed by atoms with Crippen molar-refractivity contribution in [3.63, 3.8) is 0 Å². The first-order valence-corrected chi connectivity index (χ1v) is 8.17. The number of carbonyl (C=O) groups is 1. The molecule has 0 aliphatic heterocycles. The summed E-state index contributed by atoms with van der Waals surface area (Å²) in [5.41, 5.74) is 2.12. The molecule has 0 aliphatic rings. The van der Waals surface area contributed by atoms with Crippen LogP contribution in [0.4, 0.5) is 5.69 Å². The first-order valence-electron chi connectivity index (χ1n) is 7.29. The van der Waals surface area contributed by atoms with Gasteiger partial charge in [-0.2, -0.15) is 0 Å². The standard InChI is InChI=1S/C18H21NOS/c1-3-9-18(21-15-10-5-4-6-11-15)16-12-7-8-13-17(16)19-14(2)20/h4-8,10-13,18H,3,9H2,1-2H3,(H,19,20)/t18-/m1/s1. The molecule has 21 heavy (non-hydrogen) atoms. The van der Waals surface area contributed by atoms with Crippen LogP contribution in [-0.4, -0.2) is 5.91 Å². The van der Waals surface area contributed by atoms with Crippen LogP contribution in [0.3, 0.4) is 0 Å². The van der Waals surface area contributed by atoms with Crippen molar-refractivity contribution in [2.75, 3.05) is 5.32 Å². The Kier molecular flexibility index (Phi) is 5.88. The summed E-state index contributed by atoms with van der Waals surface area (Å²) in [6.45, 7) is 3.75. The lowest BCUT2D eigenvalue weighted by atomic mass is 10.1. The Morgan fingerprint density at radius 1 is 1.10 bits per heavy atom. The fraction of sp³-hybridized carbons (Fsp3) is 0.278. The summed E-state index contributed by atoms with van der Waals surface area (Å²) in [6, 6.07) is 18.5. The van der Waals surface area contributed by atoms with Crippen LogP contribution < -0.4 is 5.32 Å². The SMILES string of the molecule is CCC[C@@H](Sc1ccccc1)c1ccccc1NC(C)=O. The van der Waals surface area contributed by atoms with Gasteiger partial charge in [0.15, 0.2) is 0 Å². The minimum atomic E-state index is -0.0255. The molecular weight excluding hydrogens is 278 g/mol. The molecule has 0 unspecified atom stereocenters. The maximum Gasteiger partial charge on any atom is 0.221 e. The van der Waals surface area contributed by atoms with Gasteiger partial charge in [0.1, 0.15) is 0 Å². The number of hydrogen-bond donors (Lipinski definition) is 1. The van der Waals surface area contributed by atoms with Crippen LogP contribution in [0.5, 0.6) is 0 Å². The largest absolute Gasteiger partial charge is 0.326 e. The molecule has 110 valence electrons. The monoisotopic (exact) mass is 299 g/mol. The maximum absolute atomic E-state index is 11.4. The van der Waals surface area contributed by atoms with E-state index in [-0.39, 0.29) is 5.91 Å². The van der Waals surface area contributed by atoms with Crippen molar-refractivity contribution in [2.45, 2.75) is 36.8 Å². The zero-order valence-electron chi connectivity index (χ0n) is 12.5. The topological polar surface area (TPSA) is 29.1 Å². The van der Waals surface area contributed by atoms with Gasteiger partial charge in [-0.05, 0) is 30.2 Å². The average molecular weight is 299 g/mol. The summed E-state index contributed by atoms with van der Waals surface area (Å²) in [7, 11) is 0. The van der Waals surface area contributed by atoms with Crippen molar-refractivity contribution in [1.82, 2.24) is 0 Å². The van der Waals surface area contributed by atoms with Crippen molar-refractivity contribution in [3.05, 3.63) is 60.2 Å². The van der Waals surface area contributed by atoms with E-state index in [0.29, 0.717) is 5.25 Å². The molecule has 2 aromatic rings. The number of nitrogens with one attached hydrogen (secondary N) is 1. The lowest BCUT2D eigenvalue weighted by molar-refractivity contribution is -0.114. The second-order valence-electron chi connectivity index (χ2n) is 4.98. The molecule has 2 aromatic carbocycles. The molecule has 0 aliphatic carbocycles. The van der Waals surface area contributed by atoms with Crippen LogP contribution in [0.2, 0.25) is 0 Å². The van der Waals surface area contributed by atoms with E-state index in [1.165, 1.54) is 10.5 Å². The number of hydrogen-bond acceptors (Lipinski definition) is 2. The normalized spacial score (nSPS) is 11.9. The van der Waals surface area contributed by atoms with Gasteiger partial charge >= 0.3 is 0 Å². The molecule has 0 saturated carbocycles. The van der Waals surface area contributed by atoms with Crippen molar-refractivity contribution in [2.24, 2.45) is 0 Å². The Bertz CT molecular complexity index is 583. The first-order chi connectivity index (χ1) is 10.2. The van der Waals surface area contributed by atoms with Gasteiger partial charge in [-0.25, -0.2) is 0 Å². The van der Waals surface area contributed by atoms with Gasteiger partial charge in [-0.3, -0.25) is 4.79 Å². The quantitative estimate of drug-likeness (QED) is 0.735. The van der Waals surface area contributed by atoms with E-state index in [1.807, 2.05) is 36.0 Å². The summed E-state index contributed by atoms with van der Waals surface area (Å²) >= 11 is 1.86. The van der Waals surface area contributed by atoms with E-state index in [4.69, 9.17) is 0 Å². The van der Waals surface area contributed by atoms with E-state index in [2.05, 4.69) is 42.6 Å². The highest BCUT2D eigenvalue weighted by Crippen LogP contribution is 2.41. The fourth-order valence-corrected chi connectivity index (χ4v) is 3.61. The van der Waals surface area contributed by atoms with Crippen LogP contribution in [0.1, 0.15) is 37.5 Å². The Morgan fingerprint density at radius 3 is 2.43 bits per heavy atom. The second-order valence-corrected chi connectivity index (χ2v) is 6.25. The molecule has 0 bridgehead atoms. The van der Waals surface area contributed by atoms with Crippen molar-refractivity contribution in [1.29, 1.82) is 0 Å². The smallest absolute Gasteiger partial charge is 0.221 e. The lowest BCUT2D eigenvalue weighted by Crippen LogP contribution is -2.09. The number of anilines is 1. The predicted octanol–water partition coefficient (Wildman–Crippen LogP) is 5.28. The van der Waals surface area contributed by atoms with Crippen LogP contribution in [0.25, 0.3) is 0 Å². The maximum atomic E-state index is 11.4. The minimum absolute atomic E-state index is 0.0255. The molecule has 3 heteroatoms. The highest BCUT2D eigenvalue weighted by atomic mass is 32.2. The van der Waals surface area contributed by atoms with E-state index < -0.39 is 0 Å². The zero-order valence-corrected chi connectivity index (χ0v) is 13.3. The third-order valence-electron chi connectivity index (χ3n) is 3.19. The van der Waals surface area contributed by atoms with Crippen LogP contribution >= 0.6 is 11.8 Å².